The molecule has 3 atom stereocenters. The molecule has 0 rings (SSSR count). The molecule has 6 nitrogen and oxygen atoms in total. The molecule has 0 amide bonds. The zero-order chi connectivity index (χ0) is 48.2. The first-order valence-electron chi connectivity index (χ1n) is 29.8. The van der Waals surface area contributed by atoms with Crippen LogP contribution in [0.2, 0.25) is 0 Å². The van der Waals surface area contributed by atoms with E-state index in [-0.39, 0.29) is 31.1 Å². The summed E-state index contributed by atoms with van der Waals surface area (Å²) in [5, 5.41) is 0. The first-order chi connectivity index (χ1) is 32.3. The number of ether oxygens (including phenoxy) is 3. The Morgan fingerprint density at radius 1 is 0.303 bits per heavy atom. The largest absolute Gasteiger partial charge is 0.462 e. The molecule has 2 unspecified atom stereocenters. The number of hydrogen-bond donors (Lipinski definition) is 0. The standard InChI is InChI=1S/C60H116O6/c1-6-9-10-11-12-13-14-15-16-22-25-28-31-34-40-45-50-58(61)64-53-57(54-65-59(62)51-46-41-37-36-39-44-49-56(5)8-3)66-60(63)52-47-42-35-32-29-26-23-20-18-17-19-21-24-27-30-33-38-43-48-55(4)7-2/h55-57H,6-54H2,1-5H3/t55?,56?,57-/m0/s1. The highest BCUT2D eigenvalue weighted by Crippen LogP contribution is 2.19. The number of hydrogen-bond acceptors (Lipinski definition) is 6. The molecule has 66 heavy (non-hydrogen) atoms. The second-order valence-electron chi connectivity index (χ2n) is 21.1. The molecule has 0 fully saturated rings. The molecule has 0 aromatic rings. The minimum Gasteiger partial charge on any atom is -0.462 e. The van der Waals surface area contributed by atoms with E-state index in [2.05, 4.69) is 34.6 Å². The Bertz CT molecular complexity index is 1010. The van der Waals surface area contributed by atoms with Crippen molar-refractivity contribution in [1.29, 1.82) is 0 Å². The van der Waals surface area contributed by atoms with Crippen molar-refractivity contribution in [3.63, 3.8) is 0 Å². The molecule has 0 aliphatic heterocycles. The summed E-state index contributed by atoms with van der Waals surface area (Å²) < 4.78 is 16.9. The number of rotatable bonds is 54. The third kappa shape index (κ3) is 50.3. The Labute approximate surface area is 412 Å². The summed E-state index contributed by atoms with van der Waals surface area (Å²) in [6, 6.07) is 0. The predicted octanol–water partition coefficient (Wildman–Crippen LogP) is 19.7. The smallest absolute Gasteiger partial charge is 0.306 e. The number of carbonyl (C=O) groups excluding carboxylic acids is 3. The molecule has 0 radical (unpaired) electrons. The monoisotopic (exact) mass is 933 g/mol. The lowest BCUT2D eigenvalue weighted by Gasteiger charge is -2.18. The summed E-state index contributed by atoms with van der Waals surface area (Å²) in [4.78, 5) is 38.1. The van der Waals surface area contributed by atoms with Crippen LogP contribution < -0.4 is 0 Å². The van der Waals surface area contributed by atoms with Crippen LogP contribution in [-0.2, 0) is 28.6 Å². The maximum absolute atomic E-state index is 12.9. The first kappa shape index (κ1) is 64.4. The fourth-order valence-electron chi connectivity index (χ4n) is 9.16. The maximum Gasteiger partial charge on any atom is 0.306 e. The molecule has 0 aliphatic rings. The van der Waals surface area contributed by atoms with Crippen LogP contribution in [0.4, 0.5) is 0 Å². The van der Waals surface area contributed by atoms with Gasteiger partial charge in [0.1, 0.15) is 13.2 Å². The molecular weight excluding hydrogens is 817 g/mol. The Morgan fingerprint density at radius 3 is 0.788 bits per heavy atom. The van der Waals surface area contributed by atoms with Gasteiger partial charge in [0.05, 0.1) is 0 Å². The zero-order valence-corrected chi connectivity index (χ0v) is 45.3. The van der Waals surface area contributed by atoms with Crippen molar-refractivity contribution in [2.45, 2.75) is 343 Å². The van der Waals surface area contributed by atoms with Gasteiger partial charge in [-0.15, -0.1) is 0 Å². The van der Waals surface area contributed by atoms with E-state index in [0.717, 1.165) is 69.6 Å². The van der Waals surface area contributed by atoms with E-state index in [4.69, 9.17) is 14.2 Å². The average Bonchev–Trinajstić information content (AvgIpc) is 3.32. The summed E-state index contributed by atoms with van der Waals surface area (Å²) in [5.74, 6) is 0.882. The van der Waals surface area contributed by atoms with Gasteiger partial charge >= 0.3 is 17.9 Å². The van der Waals surface area contributed by atoms with E-state index in [1.807, 2.05) is 0 Å². The van der Waals surface area contributed by atoms with E-state index in [1.165, 1.54) is 225 Å². The van der Waals surface area contributed by atoms with Crippen LogP contribution in [0.3, 0.4) is 0 Å². The lowest BCUT2D eigenvalue weighted by atomic mass is 9.99. The molecule has 0 heterocycles. The van der Waals surface area contributed by atoms with Gasteiger partial charge in [-0.2, -0.15) is 0 Å². The van der Waals surface area contributed by atoms with Crippen LogP contribution in [-0.4, -0.2) is 37.2 Å². The molecule has 0 aromatic heterocycles. The summed E-state index contributed by atoms with van der Waals surface area (Å²) in [6.45, 7) is 11.4. The van der Waals surface area contributed by atoms with Crippen LogP contribution >= 0.6 is 0 Å². The summed E-state index contributed by atoms with van der Waals surface area (Å²) >= 11 is 0. The Hall–Kier alpha value is -1.59. The van der Waals surface area contributed by atoms with Gasteiger partial charge < -0.3 is 14.2 Å². The zero-order valence-electron chi connectivity index (χ0n) is 45.3. The van der Waals surface area contributed by atoms with Crippen molar-refractivity contribution >= 4 is 17.9 Å². The molecular formula is C60H116O6. The van der Waals surface area contributed by atoms with Crippen molar-refractivity contribution in [3.05, 3.63) is 0 Å². The van der Waals surface area contributed by atoms with Gasteiger partial charge in [-0.25, -0.2) is 0 Å². The van der Waals surface area contributed by atoms with Gasteiger partial charge in [-0.3, -0.25) is 14.4 Å². The van der Waals surface area contributed by atoms with E-state index >= 15 is 0 Å². The third-order valence-electron chi connectivity index (χ3n) is 14.4. The average molecular weight is 934 g/mol. The van der Waals surface area contributed by atoms with Gasteiger partial charge in [0.15, 0.2) is 6.10 Å². The Morgan fingerprint density at radius 2 is 0.530 bits per heavy atom. The van der Waals surface area contributed by atoms with Crippen LogP contribution in [0.15, 0.2) is 0 Å². The van der Waals surface area contributed by atoms with Crippen LogP contribution in [0.5, 0.6) is 0 Å². The lowest BCUT2D eigenvalue weighted by molar-refractivity contribution is -0.167. The van der Waals surface area contributed by atoms with Crippen LogP contribution in [0.1, 0.15) is 336 Å². The quantitative estimate of drug-likeness (QED) is 0.0343. The summed E-state index contributed by atoms with van der Waals surface area (Å²) in [6.07, 6.45) is 56.7. The highest BCUT2D eigenvalue weighted by Gasteiger charge is 2.19. The van der Waals surface area contributed by atoms with Crippen molar-refractivity contribution in [2.24, 2.45) is 11.8 Å². The van der Waals surface area contributed by atoms with Gasteiger partial charge in [0.2, 0.25) is 0 Å². The second kappa shape index (κ2) is 52.8. The molecule has 392 valence electrons. The Balaban J connectivity index is 4.21. The van der Waals surface area contributed by atoms with Gasteiger partial charge in [0.25, 0.3) is 0 Å². The molecule has 0 aliphatic carbocycles. The number of esters is 3. The van der Waals surface area contributed by atoms with E-state index in [9.17, 15) is 14.4 Å². The molecule has 0 saturated heterocycles. The van der Waals surface area contributed by atoms with Crippen molar-refractivity contribution in [1.82, 2.24) is 0 Å². The van der Waals surface area contributed by atoms with Crippen LogP contribution in [0, 0.1) is 11.8 Å². The lowest BCUT2D eigenvalue weighted by Crippen LogP contribution is -2.30. The van der Waals surface area contributed by atoms with Crippen LogP contribution in [0.25, 0.3) is 0 Å². The predicted molar refractivity (Wildman–Crippen MR) is 284 cm³/mol. The molecule has 6 heteroatoms. The Kier molecular flexibility index (Phi) is 51.5. The van der Waals surface area contributed by atoms with E-state index < -0.39 is 6.10 Å². The molecule has 0 aromatic carbocycles. The highest BCUT2D eigenvalue weighted by atomic mass is 16.6. The van der Waals surface area contributed by atoms with E-state index in [1.54, 1.807) is 0 Å². The van der Waals surface area contributed by atoms with Crippen molar-refractivity contribution in [3.8, 4) is 0 Å². The van der Waals surface area contributed by atoms with Crippen molar-refractivity contribution < 1.29 is 28.6 Å². The van der Waals surface area contributed by atoms with Gasteiger partial charge in [0, 0.05) is 19.3 Å². The first-order valence-corrected chi connectivity index (χ1v) is 29.8. The number of carbonyl (C=O) groups is 3. The number of unbranched alkanes of at least 4 members (excludes halogenated alkanes) is 37. The molecule has 0 bridgehead atoms. The van der Waals surface area contributed by atoms with E-state index in [0.29, 0.717) is 19.3 Å². The second-order valence-corrected chi connectivity index (χ2v) is 21.1. The molecule has 0 saturated carbocycles. The van der Waals surface area contributed by atoms with Crippen molar-refractivity contribution in [2.75, 3.05) is 13.2 Å². The topological polar surface area (TPSA) is 78.9 Å². The molecule has 0 spiro atoms. The highest BCUT2D eigenvalue weighted by molar-refractivity contribution is 5.71. The fourth-order valence-corrected chi connectivity index (χ4v) is 9.16. The SMILES string of the molecule is CCCCCCCCCCCCCCCCCCC(=O)OC[C@@H](COC(=O)CCCCCCCCC(C)CC)OC(=O)CCCCCCCCCCCCCCCCCCCCC(C)CC. The fraction of sp³-hybridized carbons (Fsp3) is 0.950. The normalized spacial score (nSPS) is 12.9. The van der Waals surface area contributed by atoms with Gasteiger partial charge in [-0.1, -0.05) is 298 Å². The summed E-state index contributed by atoms with van der Waals surface area (Å²) in [5.41, 5.74) is 0. The maximum atomic E-state index is 12.9. The summed E-state index contributed by atoms with van der Waals surface area (Å²) in [7, 11) is 0. The molecule has 0 N–H and O–H groups in total. The third-order valence-corrected chi connectivity index (χ3v) is 14.4. The minimum absolute atomic E-state index is 0.0633. The minimum atomic E-state index is -0.763. The van der Waals surface area contributed by atoms with Gasteiger partial charge in [-0.05, 0) is 31.1 Å².